The zero-order valence-corrected chi connectivity index (χ0v) is 8.47. The van der Waals surface area contributed by atoms with Gasteiger partial charge in [-0.2, -0.15) is 0 Å². The molecule has 0 aromatic heterocycles. The van der Waals surface area contributed by atoms with Crippen LogP contribution in [0.15, 0.2) is 18.2 Å². The van der Waals surface area contributed by atoms with E-state index in [1.54, 1.807) is 0 Å². The highest BCUT2D eigenvalue weighted by atomic mass is 35.5. The Morgan fingerprint density at radius 1 is 1.54 bits per heavy atom. The van der Waals surface area contributed by atoms with Gasteiger partial charge in [0.2, 0.25) is 0 Å². The number of hydrogen-bond acceptors (Lipinski definition) is 1. The normalized spacial score (nSPS) is 20.0. The van der Waals surface area contributed by atoms with Crippen LogP contribution in [0.1, 0.15) is 29.8 Å². The van der Waals surface area contributed by atoms with Crippen molar-refractivity contribution in [2.24, 2.45) is 0 Å². The molecule has 2 rings (SSSR count). The lowest BCUT2D eigenvalue weighted by Gasteiger charge is -2.07. The van der Waals surface area contributed by atoms with Crippen molar-refractivity contribution in [3.8, 4) is 5.75 Å². The van der Waals surface area contributed by atoms with Gasteiger partial charge in [-0.1, -0.05) is 6.07 Å². The fraction of sp³-hybridized carbons (Fsp3) is 0.455. The minimum atomic E-state index is 0.190. The summed E-state index contributed by atoms with van der Waals surface area (Å²) in [6.07, 6.45) is 2.17. The van der Waals surface area contributed by atoms with Gasteiger partial charge in [-0.25, -0.2) is 0 Å². The number of ether oxygens (including phenoxy) is 1. The fourth-order valence-electron chi connectivity index (χ4n) is 1.79. The lowest BCUT2D eigenvalue weighted by Crippen LogP contribution is -1.93. The Kier molecular flexibility index (Phi) is 2.45. The molecule has 1 aliphatic carbocycles. The maximum atomic E-state index is 6.16. The molecule has 0 bridgehead atoms. The Labute approximate surface area is 83.7 Å². The monoisotopic (exact) mass is 196 g/mol. The van der Waals surface area contributed by atoms with Crippen LogP contribution in [0.4, 0.5) is 0 Å². The van der Waals surface area contributed by atoms with E-state index < -0.39 is 0 Å². The highest BCUT2D eigenvalue weighted by Crippen LogP contribution is 2.37. The summed E-state index contributed by atoms with van der Waals surface area (Å²) in [5.41, 5.74) is 2.64. The molecule has 0 saturated heterocycles. The van der Waals surface area contributed by atoms with E-state index >= 15 is 0 Å². The van der Waals surface area contributed by atoms with Gasteiger partial charge in [-0.15, -0.1) is 11.6 Å². The first kappa shape index (κ1) is 8.89. The predicted octanol–water partition coefficient (Wildman–Crippen LogP) is 3.31. The summed E-state index contributed by atoms with van der Waals surface area (Å²) in [6.45, 7) is 2.71. The highest BCUT2D eigenvalue weighted by molar-refractivity contribution is 6.21. The first-order valence-corrected chi connectivity index (χ1v) is 5.14. The second kappa shape index (κ2) is 3.59. The van der Waals surface area contributed by atoms with Crippen molar-refractivity contribution >= 4 is 11.6 Å². The van der Waals surface area contributed by atoms with Crippen LogP contribution in [-0.2, 0) is 6.42 Å². The van der Waals surface area contributed by atoms with Gasteiger partial charge >= 0.3 is 0 Å². The average molecular weight is 197 g/mol. The molecule has 0 spiro atoms. The summed E-state index contributed by atoms with van der Waals surface area (Å²) >= 11 is 6.16. The van der Waals surface area contributed by atoms with Gasteiger partial charge in [0.15, 0.2) is 0 Å². The van der Waals surface area contributed by atoms with E-state index in [1.165, 1.54) is 11.1 Å². The third-order valence-corrected chi connectivity index (χ3v) is 2.89. The summed E-state index contributed by atoms with van der Waals surface area (Å²) in [4.78, 5) is 0. The Morgan fingerprint density at radius 3 is 3.15 bits per heavy atom. The molecule has 0 saturated carbocycles. The van der Waals surface area contributed by atoms with Crippen molar-refractivity contribution in [1.82, 2.24) is 0 Å². The molecule has 0 aliphatic heterocycles. The van der Waals surface area contributed by atoms with Crippen LogP contribution in [0.5, 0.6) is 5.75 Å². The van der Waals surface area contributed by atoms with Gasteiger partial charge in [0.05, 0.1) is 12.0 Å². The van der Waals surface area contributed by atoms with Crippen LogP contribution in [0.25, 0.3) is 0 Å². The topological polar surface area (TPSA) is 9.23 Å². The number of hydrogen-bond donors (Lipinski definition) is 0. The zero-order chi connectivity index (χ0) is 9.26. The SMILES string of the molecule is CCOc1ccc2c(c1)C(Cl)CC2. The quantitative estimate of drug-likeness (QED) is 0.660. The van der Waals surface area contributed by atoms with Crippen LogP contribution in [0.2, 0.25) is 0 Å². The minimum absolute atomic E-state index is 0.190. The molecule has 1 aromatic carbocycles. The molecule has 0 N–H and O–H groups in total. The van der Waals surface area contributed by atoms with E-state index in [2.05, 4.69) is 12.1 Å². The summed E-state index contributed by atoms with van der Waals surface area (Å²) in [5, 5.41) is 0.190. The largest absolute Gasteiger partial charge is 0.494 e. The Balaban J connectivity index is 2.31. The van der Waals surface area contributed by atoms with E-state index in [0.717, 1.165) is 18.6 Å². The van der Waals surface area contributed by atoms with Crippen molar-refractivity contribution in [2.75, 3.05) is 6.61 Å². The molecule has 0 fully saturated rings. The molecule has 1 aromatic rings. The first-order valence-electron chi connectivity index (χ1n) is 4.71. The van der Waals surface area contributed by atoms with Gasteiger partial charge in [-0.3, -0.25) is 0 Å². The maximum absolute atomic E-state index is 6.16. The lowest BCUT2D eigenvalue weighted by atomic mass is 10.1. The second-order valence-electron chi connectivity index (χ2n) is 3.30. The third-order valence-electron chi connectivity index (χ3n) is 2.43. The fourth-order valence-corrected chi connectivity index (χ4v) is 2.10. The van der Waals surface area contributed by atoms with Crippen molar-refractivity contribution in [1.29, 1.82) is 0 Å². The Bertz CT molecular complexity index is 309. The van der Waals surface area contributed by atoms with Gasteiger partial charge in [-0.05, 0) is 43.0 Å². The molecule has 1 aliphatic rings. The summed E-state index contributed by atoms with van der Waals surface area (Å²) < 4.78 is 5.42. The van der Waals surface area contributed by atoms with Crippen LogP contribution in [0.3, 0.4) is 0 Å². The number of fused-ring (bicyclic) bond motifs is 1. The summed E-state index contributed by atoms with van der Waals surface area (Å²) in [7, 11) is 0. The molecule has 0 radical (unpaired) electrons. The number of rotatable bonds is 2. The van der Waals surface area contributed by atoms with Crippen molar-refractivity contribution in [2.45, 2.75) is 25.1 Å². The number of aryl methyl sites for hydroxylation is 1. The van der Waals surface area contributed by atoms with Gasteiger partial charge < -0.3 is 4.74 Å². The summed E-state index contributed by atoms with van der Waals surface area (Å²) in [6, 6.07) is 6.23. The lowest BCUT2D eigenvalue weighted by molar-refractivity contribution is 0.340. The molecule has 2 heteroatoms. The molecule has 0 amide bonds. The molecule has 1 atom stereocenters. The van der Waals surface area contributed by atoms with Crippen LogP contribution in [0, 0.1) is 0 Å². The third kappa shape index (κ3) is 1.66. The van der Waals surface area contributed by atoms with Gasteiger partial charge in [0.25, 0.3) is 0 Å². The van der Waals surface area contributed by atoms with Crippen molar-refractivity contribution < 1.29 is 4.74 Å². The van der Waals surface area contributed by atoms with Gasteiger partial charge in [0, 0.05) is 0 Å². The smallest absolute Gasteiger partial charge is 0.119 e. The summed E-state index contributed by atoms with van der Waals surface area (Å²) in [5.74, 6) is 0.939. The molecule has 1 unspecified atom stereocenters. The Morgan fingerprint density at radius 2 is 2.38 bits per heavy atom. The Hall–Kier alpha value is -0.690. The van der Waals surface area contributed by atoms with Crippen molar-refractivity contribution in [3.05, 3.63) is 29.3 Å². The van der Waals surface area contributed by atoms with Crippen LogP contribution in [-0.4, -0.2) is 6.61 Å². The maximum Gasteiger partial charge on any atom is 0.119 e. The minimum Gasteiger partial charge on any atom is -0.494 e. The molecule has 13 heavy (non-hydrogen) atoms. The number of alkyl halides is 1. The molecule has 1 nitrogen and oxygen atoms in total. The van der Waals surface area contributed by atoms with Crippen LogP contribution < -0.4 is 4.74 Å². The standard InChI is InChI=1S/C11H13ClO/c1-2-13-9-5-3-8-4-6-11(12)10(8)7-9/h3,5,7,11H,2,4,6H2,1H3. The van der Waals surface area contributed by atoms with E-state index in [1.807, 2.05) is 13.0 Å². The molecular weight excluding hydrogens is 184 g/mol. The predicted molar refractivity (Wildman–Crippen MR) is 54.5 cm³/mol. The van der Waals surface area contributed by atoms with E-state index in [4.69, 9.17) is 16.3 Å². The molecule has 70 valence electrons. The molecule has 0 heterocycles. The average Bonchev–Trinajstić information content (AvgIpc) is 2.49. The van der Waals surface area contributed by atoms with Crippen LogP contribution >= 0.6 is 11.6 Å². The van der Waals surface area contributed by atoms with E-state index in [-0.39, 0.29) is 5.38 Å². The van der Waals surface area contributed by atoms with E-state index in [0.29, 0.717) is 6.61 Å². The first-order chi connectivity index (χ1) is 6.31. The second-order valence-corrected chi connectivity index (χ2v) is 3.83. The molecular formula is C11H13ClO. The van der Waals surface area contributed by atoms with Crippen molar-refractivity contribution in [3.63, 3.8) is 0 Å². The number of halogens is 1. The highest BCUT2D eigenvalue weighted by Gasteiger charge is 2.20. The van der Waals surface area contributed by atoms with Gasteiger partial charge in [0.1, 0.15) is 5.75 Å². The van der Waals surface area contributed by atoms with E-state index in [9.17, 15) is 0 Å². The zero-order valence-electron chi connectivity index (χ0n) is 7.72. The number of benzene rings is 1.